The van der Waals surface area contributed by atoms with Gasteiger partial charge in [-0.25, -0.2) is 8.42 Å². The molecule has 0 fully saturated rings. The molecular formula is C26H35BrClN3O4S. The van der Waals surface area contributed by atoms with E-state index in [2.05, 4.69) is 21.2 Å². The van der Waals surface area contributed by atoms with Gasteiger partial charge in [-0.15, -0.1) is 0 Å². The summed E-state index contributed by atoms with van der Waals surface area (Å²) in [6.07, 6.45) is 1.49. The van der Waals surface area contributed by atoms with Crippen molar-refractivity contribution >= 4 is 55.1 Å². The summed E-state index contributed by atoms with van der Waals surface area (Å²) in [5, 5.41) is 3.37. The van der Waals surface area contributed by atoms with E-state index in [9.17, 15) is 18.0 Å². The molecule has 0 aliphatic rings. The van der Waals surface area contributed by atoms with Crippen LogP contribution in [0.25, 0.3) is 0 Å². The van der Waals surface area contributed by atoms with Crippen molar-refractivity contribution in [1.82, 2.24) is 10.2 Å². The van der Waals surface area contributed by atoms with Crippen molar-refractivity contribution in [3.8, 4) is 0 Å². The first-order chi connectivity index (χ1) is 16.6. The van der Waals surface area contributed by atoms with Crippen molar-refractivity contribution in [1.29, 1.82) is 0 Å². The second kappa shape index (κ2) is 12.4. The van der Waals surface area contributed by atoms with E-state index in [0.717, 1.165) is 21.9 Å². The van der Waals surface area contributed by atoms with Gasteiger partial charge in [0, 0.05) is 34.5 Å². The van der Waals surface area contributed by atoms with E-state index in [1.165, 1.54) is 9.21 Å². The molecule has 0 saturated heterocycles. The Kier molecular flexibility index (Phi) is 10.4. The van der Waals surface area contributed by atoms with E-state index in [0.29, 0.717) is 10.7 Å². The topological polar surface area (TPSA) is 86.8 Å². The van der Waals surface area contributed by atoms with Crippen molar-refractivity contribution in [3.63, 3.8) is 0 Å². The van der Waals surface area contributed by atoms with Gasteiger partial charge in [-0.2, -0.15) is 0 Å². The zero-order valence-electron chi connectivity index (χ0n) is 21.6. The van der Waals surface area contributed by atoms with Crippen LogP contribution in [0.5, 0.6) is 0 Å². The van der Waals surface area contributed by atoms with Crippen LogP contribution in [0, 0.1) is 6.92 Å². The molecule has 0 aromatic heterocycles. The minimum Gasteiger partial charge on any atom is -0.350 e. The van der Waals surface area contributed by atoms with E-state index in [4.69, 9.17) is 11.6 Å². The molecule has 0 spiro atoms. The van der Waals surface area contributed by atoms with Gasteiger partial charge in [0.2, 0.25) is 21.8 Å². The Morgan fingerprint density at radius 3 is 2.39 bits per heavy atom. The largest absolute Gasteiger partial charge is 0.350 e. The molecule has 0 aliphatic heterocycles. The van der Waals surface area contributed by atoms with Gasteiger partial charge in [0.15, 0.2) is 0 Å². The van der Waals surface area contributed by atoms with Crippen LogP contribution in [0.1, 0.15) is 51.7 Å². The molecule has 10 heteroatoms. The third kappa shape index (κ3) is 9.09. The Bertz CT molecular complexity index is 1200. The van der Waals surface area contributed by atoms with Crippen LogP contribution in [0.4, 0.5) is 5.69 Å². The SMILES string of the molecule is Cc1ccc(Cl)cc1N(CCCC(=O)N(Cc1cccc(Br)c1)[C@@H](C)C(=O)NC(C)(C)C)S(C)(=O)=O. The number of benzene rings is 2. The minimum atomic E-state index is -3.60. The summed E-state index contributed by atoms with van der Waals surface area (Å²) in [5.74, 6) is -0.485. The van der Waals surface area contributed by atoms with Gasteiger partial charge in [0.05, 0.1) is 11.9 Å². The number of hydrogen-bond acceptors (Lipinski definition) is 4. The molecule has 1 atom stereocenters. The first-order valence-corrected chi connectivity index (χ1v) is 14.7. The molecule has 0 heterocycles. The fourth-order valence-corrected chi connectivity index (χ4v) is 5.35. The highest BCUT2D eigenvalue weighted by Gasteiger charge is 2.29. The molecule has 2 aromatic rings. The van der Waals surface area contributed by atoms with Gasteiger partial charge in [0.25, 0.3) is 0 Å². The predicted octanol–water partition coefficient (Wildman–Crippen LogP) is 5.29. The summed E-state index contributed by atoms with van der Waals surface area (Å²) in [7, 11) is -3.60. The number of amides is 2. The lowest BCUT2D eigenvalue weighted by Gasteiger charge is -2.32. The molecule has 2 rings (SSSR count). The van der Waals surface area contributed by atoms with Crippen LogP contribution < -0.4 is 9.62 Å². The first-order valence-electron chi connectivity index (χ1n) is 11.7. The summed E-state index contributed by atoms with van der Waals surface area (Å²) in [6.45, 7) is 9.53. The van der Waals surface area contributed by atoms with Crippen molar-refractivity contribution in [3.05, 3.63) is 63.1 Å². The zero-order valence-corrected chi connectivity index (χ0v) is 24.8. The standard InChI is InChI=1S/C26H35BrClN3O4S/c1-18-12-13-22(28)16-23(18)31(36(6,34)35)14-8-11-24(32)30(17-20-9-7-10-21(27)15-20)19(2)25(33)29-26(3,4)5/h7,9-10,12-13,15-16,19H,8,11,14,17H2,1-6H3,(H,29,33)/t19-/m0/s1. The minimum absolute atomic E-state index is 0.0762. The summed E-state index contributed by atoms with van der Waals surface area (Å²) in [6, 6.07) is 11.9. The van der Waals surface area contributed by atoms with Gasteiger partial charge in [-0.1, -0.05) is 45.7 Å². The summed E-state index contributed by atoms with van der Waals surface area (Å²) in [5.41, 5.74) is 1.68. The quantitative estimate of drug-likeness (QED) is 0.402. The molecule has 7 nitrogen and oxygen atoms in total. The van der Waals surface area contributed by atoms with E-state index < -0.39 is 21.6 Å². The Balaban J connectivity index is 2.23. The van der Waals surface area contributed by atoms with Gasteiger partial charge >= 0.3 is 0 Å². The number of halogens is 2. The lowest BCUT2D eigenvalue weighted by Crippen LogP contribution is -2.52. The second-order valence-corrected chi connectivity index (χ2v) is 13.2. The van der Waals surface area contributed by atoms with Crippen molar-refractivity contribution in [2.75, 3.05) is 17.1 Å². The van der Waals surface area contributed by atoms with Crippen LogP contribution in [-0.2, 0) is 26.2 Å². The van der Waals surface area contributed by atoms with Crippen molar-refractivity contribution in [2.24, 2.45) is 0 Å². The third-order valence-electron chi connectivity index (χ3n) is 5.50. The molecule has 1 N–H and O–H groups in total. The molecule has 0 bridgehead atoms. The lowest BCUT2D eigenvalue weighted by molar-refractivity contribution is -0.141. The molecule has 0 saturated carbocycles. The Morgan fingerprint density at radius 1 is 1.14 bits per heavy atom. The number of aryl methyl sites for hydroxylation is 1. The number of sulfonamides is 1. The lowest BCUT2D eigenvalue weighted by atomic mass is 10.1. The summed E-state index contributed by atoms with van der Waals surface area (Å²) < 4.78 is 27.2. The van der Waals surface area contributed by atoms with Crippen molar-refractivity contribution < 1.29 is 18.0 Å². The monoisotopic (exact) mass is 599 g/mol. The maximum atomic E-state index is 13.4. The molecule has 198 valence electrons. The van der Waals surface area contributed by atoms with Crippen LogP contribution >= 0.6 is 27.5 Å². The van der Waals surface area contributed by atoms with Gasteiger partial charge in [0.1, 0.15) is 6.04 Å². The van der Waals surface area contributed by atoms with E-state index in [1.54, 1.807) is 25.1 Å². The van der Waals surface area contributed by atoms with Crippen LogP contribution in [-0.4, -0.2) is 49.5 Å². The average Bonchev–Trinajstić information content (AvgIpc) is 2.74. The fourth-order valence-electron chi connectivity index (χ4n) is 3.72. The zero-order chi connectivity index (χ0) is 27.3. The maximum absolute atomic E-state index is 13.4. The summed E-state index contributed by atoms with van der Waals surface area (Å²) in [4.78, 5) is 27.8. The number of carbonyl (C=O) groups is 2. The number of anilines is 1. The molecule has 2 amide bonds. The molecule has 2 aromatic carbocycles. The predicted molar refractivity (Wildman–Crippen MR) is 150 cm³/mol. The smallest absolute Gasteiger partial charge is 0.242 e. The fraction of sp³-hybridized carbons (Fsp3) is 0.462. The van der Waals surface area contributed by atoms with Crippen LogP contribution in [0.15, 0.2) is 46.9 Å². The molecule has 0 radical (unpaired) electrons. The maximum Gasteiger partial charge on any atom is 0.242 e. The second-order valence-electron chi connectivity index (χ2n) is 9.94. The Labute approximate surface area is 228 Å². The van der Waals surface area contributed by atoms with E-state index in [1.807, 2.05) is 52.0 Å². The van der Waals surface area contributed by atoms with Gasteiger partial charge in [-0.3, -0.25) is 13.9 Å². The molecule has 36 heavy (non-hydrogen) atoms. The normalized spacial score (nSPS) is 12.7. The number of rotatable bonds is 10. The third-order valence-corrected chi connectivity index (χ3v) is 7.41. The number of nitrogens with one attached hydrogen (secondary N) is 1. The number of nitrogens with zero attached hydrogens (tertiary/aromatic N) is 2. The number of carbonyl (C=O) groups excluding carboxylic acids is 2. The van der Waals surface area contributed by atoms with E-state index >= 15 is 0 Å². The van der Waals surface area contributed by atoms with Gasteiger partial charge < -0.3 is 10.2 Å². The van der Waals surface area contributed by atoms with Crippen LogP contribution in [0.2, 0.25) is 5.02 Å². The number of hydrogen-bond donors (Lipinski definition) is 1. The van der Waals surface area contributed by atoms with Crippen molar-refractivity contribution in [2.45, 2.75) is 65.6 Å². The summed E-state index contributed by atoms with van der Waals surface area (Å²) >= 11 is 9.56. The van der Waals surface area contributed by atoms with Crippen LogP contribution in [0.3, 0.4) is 0 Å². The molecule has 0 aliphatic carbocycles. The molecular weight excluding hydrogens is 566 g/mol. The Hall–Kier alpha value is -2.10. The molecule has 0 unspecified atom stereocenters. The first kappa shape index (κ1) is 30.1. The van der Waals surface area contributed by atoms with E-state index in [-0.39, 0.29) is 37.7 Å². The van der Waals surface area contributed by atoms with Gasteiger partial charge in [-0.05, 0) is 76.4 Å². The highest BCUT2D eigenvalue weighted by atomic mass is 79.9. The highest BCUT2D eigenvalue weighted by molar-refractivity contribution is 9.10. The average molecular weight is 601 g/mol. The highest BCUT2D eigenvalue weighted by Crippen LogP contribution is 2.27. The Morgan fingerprint density at radius 2 is 1.81 bits per heavy atom.